The Balaban J connectivity index is 2.08. The van der Waals surface area contributed by atoms with Crippen LogP contribution in [-0.4, -0.2) is 20.2 Å². The molecule has 98 valence electrons. The number of aromatic amines is 3. The van der Waals surface area contributed by atoms with E-state index in [4.69, 9.17) is 0 Å². The van der Waals surface area contributed by atoms with Crippen molar-refractivity contribution < 1.29 is 13.2 Å². The SMILES string of the molecule is O=c1[nH]c2ccc(-c3cc(C(F)(F)F)[nH]n3)cc2[nH]1. The number of hydrogen-bond acceptors (Lipinski definition) is 2. The van der Waals surface area contributed by atoms with Crippen LogP contribution in [0.4, 0.5) is 13.2 Å². The maximum absolute atomic E-state index is 12.4. The molecular weight excluding hydrogens is 261 g/mol. The van der Waals surface area contributed by atoms with E-state index in [1.54, 1.807) is 18.2 Å². The third kappa shape index (κ3) is 2.01. The van der Waals surface area contributed by atoms with Crippen molar-refractivity contribution >= 4 is 11.0 Å². The Morgan fingerprint density at radius 1 is 1.05 bits per heavy atom. The molecule has 0 saturated heterocycles. The molecule has 3 N–H and O–H groups in total. The van der Waals surface area contributed by atoms with Gasteiger partial charge in [0.15, 0.2) is 0 Å². The van der Waals surface area contributed by atoms with Gasteiger partial charge in [-0.1, -0.05) is 6.07 Å². The largest absolute Gasteiger partial charge is 0.432 e. The molecule has 3 aromatic rings. The minimum Gasteiger partial charge on any atom is -0.306 e. The predicted octanol–water partition coefficient (Wildman–Crippen LogP) is 2.27. The highest BCUT2D eigenvalue weighted by atomic mass is 19.4. The first kappa shape index (κ1) is 11.6. The molecule has 0 amide bonds. The third-order valence-corrected chi connectivity index (χ3v) is 2.69. The van der Waals surface area contributed by atoms with Gasteiger partial charge in [0.2, 0.25) is 0 Å². The van der Waals surface area contributed by atoms with E-state index in [-0.39, 0.29) is 11.4 Å². The molecule has 0 radical (unpaired) electrons. The fourth-order valence-electron chi connectivity index (χ4n) is 1.81. The zero-order valence-electron chi connectivity index (χ0n) is 9.30. The Bertz CT molecular complexity index is 796. The van der Waals surface area contributed by atoms with Crippen LogP contribution in [-0.2, 0) is 6.18 Å². The molecule has 0 bridgehead atoms. The number of nitrogens with zero attached hydrogens (tertiary/aromatic N) is 1. The van der Waals surface area contributed by atoms with Gasteiger partial charge in [-0.15, -0.1) is 0 Å². The molecule has 0 atom stereocenters. The molecule has 0 saturated carbocycles. The summed E-state index contributed by atoms with van der Waals surface area (Å²) >= 11 is 0. The molecule has 5 nitrogen and oxygen atoms in total. The molecular formula is C11H7F3N4O. The first-order valence-corrected chi connectivity index (χ1v) is 5.28. The lowest BCUT2D eigenvalue weighted by atomic mass is 10.1. The highest BCUT2D eigenvalue weighted by Crippen LogP contribution is 2.30. The summed E-state index contributed by atoms with van der Waals surface area (Å²) in [6, 6.07) is 5.67. The monoisotopic (exact) mass is 268 g/mol. The highest BCUT2D eigenvalue weighted by molar-refractivity contribution is 5.80. The predicted molar refractivity (Wildman–Crippen MR) is 61.5 cm³/mol. The number of aromatic nitrogens is 4. The van der Waals surface area contributed by atoms with E-state index in [2.05, 4.69) is 15.1 Å². The summed E-state index contributed by atoms with van der Waals surface area (Å²) in [6.45, 7) is 0. The molecule has 0 fully saturated rings. The number of imidazole rings is 1. The molecule has 2 heterocycles. The quantitative estimate of drug-likeness (QED) is 0.633. The number of alkyl halides is 3. The van der Waals surface area contributed by atoms with Gasteiger partial charge in [-0.3, -0.25) is 5.10 Å². The van der Waals surface area contributed by atoms with Gasteiger partial charge in [-0.2, -0.15) is 18.3 Å². The minimum atomic E-state index is -4.46. The van der Waals surface area contributed by atoms with Crippen LogP contribution in [0.15, 0.2) is 29.1 Å². The van der Waals surface area contributed by atoms with Gasteiger partial charge in [-0.25, -0.2) is 4.79 Å². The van der Waals surface area contributed by atoms with Crippen molar-refractivity contribution in [2.75, 3.05) is 0 Å². The van der Waals surface area contributed by atoms with E-state index in [1.165, 1.54) is 0 Å². The molecule has 1 aromatic carbocycles. The van der Waals surface area contributed by atoms with Gasteiger partial charge in [0.05, 0.1) is 16.7 Å². The fourth-order valence-corrected chi connectivity index (χ4v) is 1.81. The minimum absolute atomic E-state index is 0.163. The Kier molecular flexibility index (Phi) is 2.28. The van der Waals surface area contributed by atoms with Gasteiger partial charge in [0, 0.05) is 5.56 Å². The summed E-state index contributed by atoms with van der Waals surface area (Å²) in [4.78, 5) is 16.2. The molecule has 0 aliphatic carbocycles. The first-order chi connectivity index (χ1) is 8.93. The van der Waals surface area contributed by atoms with Crippen LogP contribution in [0.1, 0.15) is 5.69 Å². The highest BCUT2D eigenvalue weighted by Gasteiger charge is 2.33. The number of halogens is 3. The standard InChI is InChI=1S/C11H7F3N4O/c12-11(13,14)9-4-7(17-18-9)5-1-2-6-8(3-5)16-10(19)15-6/h1-4H,(H,17,18)(H2,15,16,19). The Morgan fingerprint density at radius 2 is 1.79 bits per heavy atom. The second-order valence-electron chi connectivity index (χ2n) is 4.00. The van der Waals surface area contributed by atoms with Crippen LogP contribution in [0, 0.1) is 0 Å². The number of fused-ring (bicyclic) bond motifs is 1. The fraction of sp³-hybridized carbons (Fsp3) is 0.0909. The van der Waals surface area contributed by atoms with Gasteiger partial charge in [0.1, 0.15) is 5.69 Å². The molecule has 8 heteroatoms. The van der Waals surface area contributed by atoms with Crippen LogP contribution < -0.4 is 5.69 Å². The van der Waals surface area contributed by atoms with E-state index in [1.807, 2.05) is 5.10 Å². The van der Waals surface area contributed by atoms with Crippen molar-refractivity contribution in [3.63, 3.8) is 0 Å². The molecule has 2 aromatic heterocycles. The zero-order valence-corrected chi connectivity index (χ0v) is 9.30. The van der Waals surface area contributed by atoms with Gasteiger partial charge >= 0.3 is 11.9 Å². The zero-order chi connectivity index (χ0) is 13.6. The summed E-state index contributed by atoms with van der Waals surface area (Å²) in [5.41, 5.74) is 0.459. The Hall–Kier alpha value is -2.51. The lowest BCUT2D eigenvalue weighted by molar-refractivity contribution is -0.141. The van der Waals surface area contributed by atoms with E-state index >= 15 is 0 Å². The molecule has 0 spiro atoms. The van der Waals surface area contributed by atoms with Gasteiger partial charge in [-0.05, 0) is 18.2 Å². The van der Waals surface area contributed by atoms with E-state index < -0.39 is 11.9 Å². The van der Waals surface area contributed by atoms with E-state index in [0.717, 1.165) is 6.07 Å². The maximum Gasteiger partial charge on any atom is 0.432 e. The van der Waals surface area contributed by atoms with Crippen LogP contribution in [0.5, 0.6) is 0 Å². The van der Waals surface area contributed by atoms with Crippen molar-refractivity contribution in [2.24, 2.45) is 0 Å². The number of rotatable bonds is 1. The van der Waals surface area contributed by atoms with Crippen molar-refractivity contribution in [1.82, 2.24) is 20.2 Å². The van der Waals surface area contributed by atoms with Crippen LogP contribution in [0.2, 0.25) is 0 Å². The molecule has 3 rings (SSSR count). The van der Waals surface area contributed by atoms with Crippen molar-refractivity contribution in [1.29, 1.82) is 0 Å². The maximum atomic E-state index is 12.4. The topological polar surface area (TPSA) is 77.3 Å². The number of hydrogen-bond donors (Lipinski definition) is 3. The van der Waals surface area contributed by atoms with Crippen molar-refractivity contribution in [3.05, 3.63) is 40.4 Å². The summed E-state index contributed by atoms with van der Waals surface area (Å²) in [7, 11) is 0. The average Bonchev–Trinajstić information content (AvgIpc) is 2.90. The molecule has 0 aliphatic heterocycles. The first-order valence-electron chi connectivity index (χ1n) is 5.28. The van der Waals surface area contributed by atoms with Crippen LogP contribution >= 0.6 is 0 Å². The molecule has 19 heavy (non-hydrogen) atoms. The Labute approximate surface area is 103 Å². The second-order valence-corrected chi connectivity index (χ2v) is 4.00. The van der Waals surface area contributed by atoms with E-state index in [0.29, 0.717) is 16.6 Å². The summed E-state index contributed by atoms with van der Waals surface area (Å²) < 4.78 is 37.3. The summed E-state index contributed by atoms with van der Waals surface area (Å²) in [5, 5.41) is 5.56. The lowest BCUT2D eigenvalue weighted by Crippen LogP contribution is -2.04. The molecule has 0 unspecified atom stereocenters. The Morgan fingerprint density at radius 3 is 2.47 bits per heavy atom. The number of H-pyrrole nitrogens is 3. The van der Waals surface area contributed by atoms with Crippen molar-refractivity contribution in [3.8, 4) is 11.3 Å². The third-order valence-electron chi connectivity index (χ3n) is 2.69. The van der Waals surface area contributed by atoms with Gasteiger partial charge < -0.3 is 9.97 Å². The lowest BCUT2D eigenvalue weighted by Gasteiger charge is -2.00. The summed E-state index contributed by atoms with van der Waals surface area (Å²) in [6.07, 6.45) is -4.46. The van der Waals surface area contributed by atoms with Gasteiger partial charge in [0.25, 0.3) is 0 Å². The van der Waals surface area contributed by atoms with Crippen molar-refractivity contribution in [2.45, 2.75) is 6.18 Å². The summed E-state index contributed by atoms with van der Waals surface area (Å²) in [5.74, 6) is 0. The normalized spacial score (nSPS) is 12.2. The second kappa shape index (κ2) is 3.74. The van der Waals surface area contributed by atoms with Crippen LogP contribution in [0.3, 0.4) is 0 Å². The molecule has 0 aliphatic rings. The van der Waals surface area contributed by atoms with Crippen LogP contribution in [0.25, 0.3) is 22.3 Å². The number of benzene rings is 1. The smallest absolute Gasteiger partial charge is 0.306 e. The average molecular weight is 268 g/mol. The number of nitrogens with one attached hydrogen (secondary N) is 3. The van der Waals surface area contributed by atoms with E-state index in [9.17, 15) is 18.0 Å².